The van der Waals surface area contributed by atoms with E-state index in [1.807, 2.05) is 0 Å². The topological polar surface area (TPSA) is 67.5 Å². The van der Waals surface area contributed by atoms with E-state index >= 15 is 0 Å². The average molecular weight is 725 g/mol. The minimum atomic E-state index is -4.26. The van der Waals surface area contributed by atoms with Gasteiger partial charge in [-0.1, -0.05) is 25.1 Å². The second-order valence-electron chi connectivity index (χ2n) is 14.7. The summed E-state index contributed by atoms with van der Waals surface area (Å²) < 4.78 is 43.7. The number of fused-ring (bicyclic) bond motifs is 2. The van der Waals surface area contributed by atoms with Crippen molar-refractivity contribution in [1.82, 2.24) is 28.6 Å². The van der Waals surface area contributed by atoms with Crippen molar-refractivity contribution < 1.29 is 13.2 Å². The summed E-state index contributed by atoms with van der Waals surface area (Å²) in [4.78, 5) is 16.1. The Morgan fingerprint density at radius 1 is 1.04 bits per heavy atom. The van der Waals surface area contributed by atoms with Crippen LogP contribution in [0.1, 0.15) is 67.6 Å². The molecule has 7 rings (SSSR count). The molecule has 8 nitrogen and oxygen atoms in total. The van der Waals surface area contributed by atoms with E-state index in [-0.39, 0.29) is 22.9 Å². The lowest BCUT2D eigenvalue weighted by Gasteiger charge is -2.54. The van der Waals surface area contributed by atoms with Crippen molar-refractivity contribution >= 4 is 44.6 Å². The van der Waals surface area contributed by atoms with Crippen LogP contribution >= 0.6 is 21.8 Å². The number of piperazine rings is 1. The van der Waals surface area contributed by atoms with Crippen LogP contribution in [0.25, 0.3) is 17.0 Å². The van der Waals surface area contributed by atoms with Crippen molar-refractivity contribution in [2.24, 2.45) is 5.41 Å². The van der Waals surface area contributed by atoms with Gasteiger partial charge in [0.1, 0.15) is 23.9 Å². The van der Waals surface area contributed by atoms with Gasteiger partial charge in [0.2, 0.25) is 0 Å². The highest BCUT2D eigenvalue weighted by atomic mass is 35.7. The fourth-order valence-electron chi connectivity index (χ4n) is 8.30. The van der Waals surface area contributed by atoms with E-state index in [1.54, 1.807) is 12.1 Å². The van der Waals surface area contributed by atoms with Gasteiger partial charge in [-0.2, -0.15) is 18.4 Å². The second kappa shape index (κ2) is 14.5. The number of anilines is 1. The summed E-state index contributed by atoms with van der Waals surface area (Å²) >= 11 is 1.30. The predicted molar refractivity (Wildman–Crippen MR) is 195 cm³/mol. The van der Waals surface area contributed by atoms with E-state index in [0.717, 1.165) is 102 Å². The molecule has 266 valence electrons. The van der Waals surface area contributed by atoms with Crippen LogP contribution in [-0.4, -0.2) is 100 Å². The first-order valence-electron chi connectivity index (χ1n) is 17.6. The van der Waals surface area contributed by atoms with Crippen molar-refractivity contribution in [3.05, 3.63) is 70.8 Å². The summed E-state index contributed by atoms with van der Waals surface area (Å²) in [6.07, 6.45) is 6.25. The number of halogens is 4. The number of hydrogen-bond donors (Lipinski definition) is 0. The van der Waals surface area contributed by atoms with Crippen LogP contribution < -0.4 is 4.90 Å². The zero-order chi connectivity index (χ0) is 35.0. The average Bonchev–Trinajstić information content (AvgIpc) is 3.40. The second-order valence-corrected chi connectivity index (χ2v) is 15.7. The highest BCUT2D eigenvalue weighted by molar-refractivity contribution is 8.19. The van der Waals surface area contributed by atoms with E-state index in [4.69, 9.17) is 10.7 Å². The van der Waals surface area contributed by atoms with Gasteiger partial charge in [-0.15, -0.1) is 0 Å². The van der Waals surface area contributed by atoms with Crippen LogP contribution in [0.3, 0.4) is 0 Å². The Hall–Kier alpha value is -3.08. The minimum Gasteiger partial charge on any atom is -0.355 e. The number of alkyl halides is 3. The molecule has 1 aliphatic carbocycles. The van der Waals surface area contributed by atoms with Crippen molar-refractivity contribution in [3.8, 4) is 6.07 Å². The van der Waals surface area contributed by atoms with Gasteiger partial charge in [-0.3, -0.25) is 4.90 Å². The van der Waals surface area contributed by atoms with Crippen molar-refractivity contribution in [3.63, 3.8) is 0 Å². The first-order chi connectivity index (χ1) is 24.0. The molecule has 13 heteroatoms. The third kappa shape index (κ3) is 7.58. The maximum Gasteiger partial charge on any atom is 0.393 e. The van der Waals surface area contributed by atoms with Gasteiger partial charge in [0.15, 0.2) is 0 Å². The fourth-order valence-corrected chi connectivity index (χ4v) is 9.01. The maximum atomic E-state index is 13.1. The van der Waals surface area contributed by atoms with Crippen LogP contribution in [0.15, 0.2) is 48.3 Å². The molecule has 2 aromatic heterocycles. The van der Waals surface area contributed by atoms with Crippen molar-refractivity contribution in [2.45, 2.75) is 57.7 Å². The van der Waals surface area contributed by atoms with Gasteiger partial charge in [0.25, 0.3) is 0 Å². The van der Waals surface area contributed by atoms with E-state index < -0.39 is 12.6 Å². The van der Waals surface area contributed by atoms with Gasteiger partial charge in [0, 0.05) is 92.0 Å². The molecule has 0 bridgehead atoms. The maximum absolute atomic E-state index is 13.1. The summed E-state index contributed by atoms with van der Waals surface area (Å²) in [5.41, 5.74) is 5.49. The zero-order valence-corrected chi connectivity index (χ0v) is 30.2. The Bertz CT molecular complexity index is 1790. The van der Waals surface area contributed by atoms with E-state index in [1.165, 1.54) is 34.7 Å². The molecular weight excluding hydrogens is 681 g/mol. The molecule has 1 spiro atoms. The summed E-state index contributed by atoms with van der Waals surface area (Å²) in [5.74, 6) is 0.934. The predicted octanol–water partition coefficient (Wildman–Crippen LogP) is 7.44. The fraction of sp³-hybridized carbons (Fsp3) is 0.541. The van der Waals surface area contributed by atoms with E-state index in [2.05, 4.69) is 77.8 Å². The Kier molecular flexibility index (Phi) is 10.2. The highest BCUT2D eigenvalue weighted by Gasteiger charge is 2.45. The number of hydrogen-bond acceptors (Lipinski definition) is 8. The molecule has 4 aliphatic rings. The zero-order valence-electron chi connectivity index (χ0n) is 28.7. The summed E-state index contributed by atoms with van der Waals surface area (Å²) in [6, 6.07) is 9.53. The Labute approximate surface area is 301 Å². The third-order valence-corrected chi connectivity index (χ3v) is 12.3. The highest BCUT2D eigenvalue weighted by Crippen LogP contribution is 2.44. The number of nitriles is 1. The summed E-state index contributed by atoms with van der Waals surface area (Å²) in [7, 11) is 5.94. The molecule has 2 atom stereocenters. The van der Waals surface area contributed by atoms with Crippen molar-refractivity contribution in [2.75, 3.05) is 70.3 Å². The van der Waals surface area contributed by atoms with Gasteiger partial charge in [-0.05, 0) is 90.9 Å². The third-order valence-electron chi connectivity index (χ3n) is 11.1. The Balaban J connectivity index is 0.955. The lowest BCUT2D eigenvalue weighted by Crippen LogP contribution is -2.60. The van der Waals surface area contributed by atoms with Crippen LogP contribution in [0.2, 0.25) is 0 Å². The number of piperidine rings is 1. The summed E-state index contributed by atoms with van der Waals surface area (Å²) in [6.45, 7) is 14.0. The first kappa shape index (κ1) is 35.3. The smallest absolute Gasteiger partial charge is 0.355 e. The first-order valence-corrected chi connectivity index (χ1v) is 19.2. The molecule has 0 saturated carbocycles. The molecule has 1 aromatic carbocycles. The quantitative estimate of drug-likeness (QED) is 0.211. The molecule has 0 radical (unpaired) electrons. The monoisotopic (exact) mass is 724 g/mol. The molecule has 2 unspecified atom stereocenters. The van der Waals surface area contributed by atoms with Crippen molar-refractivity contribution in [1.29, 1.82) is 5.26 Å². The molecule has 3 saturated heterocycles. The van der Waals surface area contributed by atoms with Crippen LogP contribution in [-0.2, 0) is 6.42 Å². The molecule has 0 amide bonds. The number of likely N-dealkylation sites (tertiary alicyclic amines) is 1. The molecule has 3 aromatic rings. The Morgan fingerprint density at radius 2 is 1.80 bits per heavy atom. The van der Waals surface area contributed by atoms with Crippen LogP contribution in [0.5, 0.6) is 0 Å². The SMILES string of the molecule is CC1C=C(CN2CCC3(CC2)CN(c2ncnc4ccc(CC(F)(F)F)cc24)C3)C=Cc2c1cc(C#N)n2C(C)CCN1CCN(SCl)CC1. The normalized spacial score (nSPS) is 22.2. The Morgan fingerprint density at radius 3 is 2.50 bits per heavy atom. The lowest BCUT2D eigenvalue weighted by atomic mass is 9.72. The number of allylic oxidation sites excluding steroid dienone is 1. The molecule has 0 N–H and O–H groups in total. The molecule has 50 heavy (non-hydrogen) atoms. The van der Waals surface area contributed by atoms with Gasteiger partial charge >= 0.3 is 6.18 Å². The molecule has 5 heterocycles. The largest absolute Gasteiger partial charge is 0.393 e. The van der Waals surface area contributed by atoms with E-state index in [9.17, 15) is 18.4 Å². The number of benzene rings is 1. The lowest BCUT2D eigenvalue weighted by molar-refractivity contribution is -0.127. The molecule has 3 fully saturated rings. The van der Waals surface area contributed by atoms with Gasteiger partial charge < -0.3 is 14.4 Å². The van der Waals surface area contributed by atoms with Gasteiger partial charge in [-0.25, -0.2) is 14.3 Å². The summed E-state index contributed by atoms with van der Waals surface area (Å²) in [5, 5.41) is 10.8. The number of nitrogens with zero attached hydrogens (tertiary/aromatic N) is 8. The van der Waals surface area contributed by atoms with Gasteiger partial charge in [0.05, 0.1) is 11.9 Å². The van der Waals surface area contributed by atoms with Crippen LogP contribution in [0, 0.1) is 16.7 Å². The van der Waals surface area contributed by atoms with E-state index in [0.29, 0.717) is 10.9 Å². The van der Waals surface area contributed by atoms with Crippen LogP contribution in [0.4, 0.5) is 19.0 Å². The molecule has 3 aliphatic heterocycles. The number of aromatic nitrogens is 3. The molecular formula is C37H44ClF3N8S. The minimum absolute atomic E-state index is 0.201. The standard InChI is InChI=1S/C37H44ClF3N8S/c1-26-17-29(4-6-34-31(26)19-30(21-42)49(34)27(2)7-10-45-13-15-48(50-38)16-14-45)22-46-11-8-36(9-12-46)23-47(24-36)35-32-18-28(20-37(39,40)41)3-5-33(32)43-25-44-35/h3-6,17-19,25-27H,7-16,20,22-24H2,1-2H3. The number of rotatable bonds is 9.